The van der Waals surface area contributed by atoms with Gasteiger partial charge in [-0.2, -0.15) is 11.3 Å². The predicted octanol–water partition coefficient (Wildman–Crippen LogP) is 3.55. The van der Waals surface area contributed by atoms with Crippen molar-refractivity contribution in [3.8, 4) is 0 Å². The molecule has 1 aromatic carbocycles. The molecule has 0 spiro atoms. The van der Waals surface area contributed by atoms with Crippen LogP contribution in [0.25, 0.3) is 0 Å². The fourth-order valence-corrected chi connectivity index (χ4v) is 3.11. The predicted molar refractivity (Wildman–Crippen MR) is 68.5 cm³/mol. The molecule has 1 saturated carbocycles. The van der Waals surface area contributed by atoms with E-state index in [4.69, 9.17) is 5.73 Å². The minimum absolute atomic E-state index is 0.219. The topological polar surface area (TPSA) is 26.0 Å². The van der Waals surface area contributed by atoms with Crippen LogP contribution >= 0.6 is 11.3 Å². The Balaban J connectivity index is 1.73. The van der Waals surface area contributed by atoms with Gasteiger partial charge in [0, 0.05) is 6.04 Å². The largest absolute Gasteiger partial charge is 0.324 e. The van der Waals surface area contributed by atoms with Crippen LogP contribution in [0, 0.1) is 5.92 Å². The average molecular weight is 229 g/mol. The van der Waals surface area contributed by atoms with Gasteiger partial charge < -0.3 is 5.73 Å². The van der Waals surface area contributed by atoms with E-state index in [1.165, 1.54) is 17.5 Å². The summed E-state index contributed by atoms with van der Waals surface area (Å²) in [7, 11) is 0. The summed E-state index contributed by atoms with van der Waals surface area (Å²) >= 11 is 1.73. The van der Waals surface area contributed by atoms with E-state index in [1.54, 1.807) is 11.3 Å². The van der Waals surface area contributed by atoms with Crippen molar-refractivity contribution in [2.75, 3.05) is 0 Å². The van der Waals surface area contributed by atoms with Crippen molar-refractivity contribution in [3.05, 3.63) is 58.3 Å². The first kappa shape index (κ1) is 10.1. The van der Waals surface area contributed by atoms with E-state index in [-0.39, 0.29) is 6.04 Å². The summed E-state index contributed by atoms with van der Waals surface area (Å²) in [6.45, 7) is 0. The van der Waals surface area contributed by atoms with Gasteiger partial charge in [0.15, 0.2) is 0 Å². The summed E-state index contributed by atoms with van der Waals surface area (Å²) in [6, 6.07) is 13.1. The highest BCUT2D eigenvalue weighted by Crippen LogP contribution is 2.53. The maximum atomic E-state index is 6.28. The molecule has 2 heteroatoms. The molecule has 1 aromatic heterocycles. The summed E-state index contributed by atoms with van der Waals surface area (Å²) in [6.07, 6.45) is 1.24. The first-order chi connectivity index (χ1) is 7.86. The quantitative estimate of drug-likeness (QED) is 0.855. The van der Waals surface area contributed by atoms with Gasteiger partial charge in [-0.25, -0.2) is 0 Å². The van der Waals surface area contributed by atoms with Gasteiger partial charge in [-0.3, -0.25) is 0 Å². The van der Waals surface area contributed by atoms with E-state index in [0.717, 1.165) is 0 Å². The van der Waals surface area contributed by atoms with Gasteiger partial charge >= 0.3 is 0 Å². The molecule has 1 aliphatic rings. The van der Waals surface area contributed by atoms with Crippen LogP contribution in [-0.2, 0) is 0 Å². The molecule has 2 N–H and O–H groups in total. The minimum atomic E-state index is 0.219. The van der Waals surface area contributed by atoms with E-state index >= 15 is 0 Å². The van der Waals surface area contributed by atoms with Crippen LogP contribution in [-0.4, -0.2) is 0 Å². The highest BCUT2D eigenvalue weighted by atomic mass is 32.1. The van der Waals surface area contributed by atoms with Crippen molar-refractivity contribution in [1.29, 1.82) is 0 Å². The SMILES string of the molecule is NC(c1ccsc1)C1CC1c1ccccc1. The van der Waals surface area contributed by atoms with E-state index in [1.807, 2.05) is 0 Å². The van der Waals surface area contributed by atoms with Gasteiger partial charge in [0.1, 0.15) is 0 Å². The van der Waals surface area contributed by atoms with Crippen LogP contribution in [0.3, 0.4) is 0 Å². The average Bonchev–Trinajstić information content (AvgIpc) is 2.95. The zero-order chi connectivity index (χ0) is 11.0. The molecule has 0 radical (unpaired) electrons. The Morgan fingerprint density at radius 1 is 1.19 bits per heavy atom. The number of benzene rings is 1. The van der Waals surface area contributed by atoms with Gasteiger partial charge in [0.25, 0.3) is 0 Å². The Kier molecular flexibility index (Phi) is 2.54. The monoisotopic (exact) mass is 229 g/mol. The third kappa shape index (κ3) is 1.79. The lowest BCUT2D eigenvalue weighted by Gasteiger charge is -2.09. The maximum absolute atomic E-state index is 6.28. The lowest BCUT2D eigenvalue weighted by Crippen LogP contribution is -2.12. The second-order valence-electron chi connectivity index (χ2n) is 4.50. The lowest BCUT2D eigenvalue weighted by atomic mass is 10.0. The van der Waals surface area contributed by atoms with Crippen LogP contribution in [0.4, 0.5) is 0 Å². The first-order valence-electron chi connectivity index (χ1n) is 5.69. The first-order valence-corrected chi connectivity index (χ1v) is 6.63. The number of rotatable bonds is 3. The fraction of sp³-hybridized carbons (Fsp3) is 0.286. The van der Waals surface area contributed by atoms with Crippen LogP contribution in [0.2, 0.25) is 0 Å². The second kappa shape index (κ2) is 4.04. The van der Waals surface area contributed by atoms with Crippen molar-refractivity contribution >= 4 is 11.3 Å². The summed E-state index contributed by atoms with van der Waals surface area (Å²) in [5.74, 6) is 1.31. The van der Waals surface area contributed by atoms with E-state index < -0.39 is 0 Å². The van der Waals surface area contributed by atoms with Gasteiger partial charge in [0.2, 0.25) is 0 Å². The van der Waals surface area contributed by atoms with Gasteiger partial charge in [-0.15, -0.1) is 0 Å². The van der Waals surface area contributed by atoms with Crippen LogP contribution in [0.5, 0.6) is 0 Å². The zero-order valence-corrected chi connectivity index (χ0v) is 9.86. The molecular formula is C14H15NS. The Morgan fingerprint density at radius 3 is 2.69 bits per heavy atom. The van der Waals surface area contributed by atoms with E-state index in [0.29, 0.717) is 11.8 Å². The Bertz CT molecular complexity index is 449. The standard InChI is InChI=1S/C14H15NS/c15-14(11-6-7-16-9-11)13-8-12(13)10-4-2-1-3-5-10/h1-7,9,12-14H,8,15H2. The van der Waals surface area contributed by atoms with Crippen LogP contribution in [0.1, 0.15) is 29.5 Å². The van der Waals surface area contributed by atoms with Gasteiger partial charge in [-0.1, -0.05) is 30.3 Å². The van der Waals surface area contributed by atoms with Crippen molar-refractivity contribution in [3.63, 3.8) is 0 Å². The van der Waals surface area contributed by atoms with Crippen molar-refractivity contribution in [2.24, 2.45) is 11.7 Å². The highest BCUT2D eigenvalue weighted by Gasteiger charge is 2.42. The Morgan fingerprint density at radius 2 is 2.00 bits per heavy atom. The highest BCUT2D eigenvalue weighted by molar-refractivity contribution is 7.07. The Labute approximate surface area is 99.9 Å². The molecule has 2 aromatic rings. The molecule has 3 atom stereocenters. The number of thiophene rings is 1. The molecule has 1 aliphatic carbocycles. The maximum Gasteiger partial charge on any atom is 0.0337 e. The lowest BCUT2D eigenvalue weighted by molar-refractivity contribution is 0.618. The molecule has 0 saturated heterocycles. The van der Waals surface area contributed by atoms with Crippen molar-refractivity contribution in [1.82, 2.24) is 0 Å². The molecule has 1 nitrogen and oxygen atoms in total. The molecule has 1 heterocycles. The third-order valence-electron chi connectivity index (χ3n) is 3.46. The Hall–Kier alpha value is -1.12. The number of hydrogen-bond donors (Lipinski definition) is 1. The molecule has 82 valence electrons. The molecule has 0 aliphatic heterocycles. The number of hydrogen-bond acceptors (Lipinski definition) is 2. The molecule has 3 rings (SSSR count). The summed E-state index contributed by atoms with van der Waals surface area (Å²) in [4.78, 5) is 0. The molecular weight excluding hydrogens is 214 g/mol. The summed E-state index contributed by atoms with van der Waals surface area (Å²) in [5.41, 5.74) is 9.02. The normalized spacial score (nSPS) is 25.3. The molecule has 0 amide bonds. The summed E-state index contributed by atoms with van der Waals surface area (Å²) in [5, 5.41) is 4.28. The summed E-state index contributed by atoms with van der Waals surface area (Å²) < 4.78 is 0. The van der Waals surface area contributed by atoms with E-state index in [9.17, 15) is 0 Å². The van der Waals surface area contributed by atoms with Gasteiger partial charge in [0.05, 0.1) is 0 Å². The molecule has 0 bridgehead atoms. The van der Waals surface area contributed by atoms with E-state index in [2.05, 4.69) is 47.2 Å². The van der Waals surface area contributed by atoms with Crippen LogP contribution < -0.4 is 5.73 Å². The smallest absolute Gasteiger partial charge is 0.0337 e. The minimum Gasteiger partial charge on any atom is -0.324 e. The van der Waals surface area contributed by atoms with Crippen molar-refractivity contribution in [2.45, 2.75) is 18.4 Å². The molecule has 1 fully saturated rings. The van der Waals surface area contributed by atoms with Crippen LogP contribution in [0.15, 0.2) is 47.2 Å². The molecule has 3 unspecified atom stereocenters. The van der Waals surface area contributed by atoms with Crippen molar-refractivity contribution < 1.29 is 0 Å². The number of nitrogens with two attached hydrogens (primary N) is 1. The fourth-order valence-electron chi connectivity index (χ4n) is 2.41. The zero-order valence-electron chi connectivity index (χ0n) is 9.04. The second-order valence-corrected chi connectivity index (χ2v) is 5.28. The molecule has 16 heavy (non-hydrogen) atoms. The third-order valence-corrected chi connectivity index (χ3v) is 4.16. The van der Waals surface area contributed by atoms with Gasteiger partial charge in [-0.05, 0) is 46.2 Å².